The van der Waals surface area contributed by atoms with E-state index < -0.39 is 4.92 Å². The van der Waals surface area contributed by atoms with E-state index in [2.05, 4.69) is 23.3 Å². The van der Waals surface area contributed by atoms with Crippen molar-refractivity contribution in [3.8, 4) is 17.3 Å². The van der Waals surface area contributed by atoms with Crippen LogP contribution >= 0.6 is 11.3 Å². The minimum absolute atomic E-state index is 0.0330. The van der Waals surface area contributed by atoms with Crippen molar-refractivity contribution in [2.24, 2.45) is 0 Å². The van der Waals surface area contributed by atoms with Gasteiger partial charge in [-0.3, -0.25) is 10.1 Å². The summed E-state index contributed by atoms with van der Waals surface area (Å²) in [6.07, 6.45) is 2.55. The van der Waals surface area contributed by atoms with Gasteiger partial charge < -0.3 is 5.32 Å². The highest BCUT2D eigenvalue weighted by atomic mass is 32.1. The van der Waals surface area contributed by atoms with Crippen molar-refractivity contribution >= 4 is 28.3 Å². The first-order valence-corrected chi connectivity index (χ1v) is 9.15. The molecule has 0 saturated heterocycles. The molecule has 1 aromatic heterocycles. The lowest BCUT2D eigenvalue weighted by molar-refractivity contribution is -0.384. The first-order valence-electron chi connectivity index (χ1n) is 8.27. The van der Waals surface area contributed by atoms with Crippen LogP contribution in [-0.4, -0.2) is 9.91 Å². The Labute approximate surface area is 160 Å². The molecule has 3 aromatic rings. The molecule has 6 nitrogen and oxygen atoms in total. The molecular weight excluding hydrogens is 360 g/mol. The second kappa shape index (κ2) is 8.25. The van der Waals surface area contributed by atoms with Gasteiger partial charge in [-0.15, -0.1) is 11.3 Å². The quantitative estimate of drug-likeness (QED) is 0.360. The highest BCUT2D eigenvalue weighted by molar-refractivity contribution is 7.11. The van der Waals surface area contributed by atoms with Crippen LogP contribution in [0.4, 0.5) is 11.4 Å². The van der Waals surface area contributed by atoms with Crippen LogP contribution in [0.5, 0.6) is 0 Å². The standard InChI is InChI=1S/C20H16N4O2S/c1-2-14-5-3-4-6-18(14)22-12-16(11-21)20-23-19(13-27-20)15-7-9-17(10-8-15)24(25)26/h3-10,12-13,22H,2H2,1H3/b16-12+. The van der Waals surface area contributed by atoms with Gasteiger partial charge in [0.25, 0.3) is 5.69 Å². The second-order valence-corrected chi connectivity index (χ2v) is 6.52. The maximum absolute atomic E-state index is 10.8. The summed E-state index contributed by atoms with van der Waals surface area (Å²) in [7, 11) is 0. The summed E-state index contributed by atoms with van der Waals surface area (Å²) in [4.78, 5) is 14.8. The molecule has 0 fully saturated rings. The van der Waals surface area contributed by atoms with Crippen LogP contribution in [0.25, 0.3) is 16.8 Å². The second-order valence-electron chi connectivity index (χ2n) is 5.67. The van der Waals surface area contributed by atoms with Crippen molar-refractivity contribution in [2.75, 3.05) is 5.32 Å². The average Bonchev–Trinajstić information content (AvgIpc) is 3.19. The van der Waals surface area contributed by atoms with E-state index in [0.717, 1.165) is 23.2 Å². The number of para-hydroxylation sites is 1. The zero-order chi connectivity index (χ0) is 19.2. The molecule has 27 heavy (non-hydrogen) atoms. The van der Waals surface area contributed by atoms with Gasteiger partial charge in [0.05, 0.1) is 10.6 Å². The maximum Gasteiger partial charge on any atom is 0.269 e. The van der Waals surface area contributed by atoms with Crippen LogP contribution in [0.1, 0.15) is 17.5 Å². The number of rotatable bonds is 6. The molecular formula is C20H16N4O2S. The summed E-state index contributed by atoms with van der Waals surface area (Å²) in [5.74, 6) is 0. The third-order valence-electron chi connectivity index (χ3n) is 4.00. The first-order chi connectivity index (χ1) is 13.1. The molecule has 7 heteroatoms. The largest absolute Gasteiger partial charge is 0.360 e. The van der Waals surface area contributed by atoms with Crippen LogP contribution in [-0.2, 0) is 6.42 Å². The lowest BCUT2D eigenvalue weighted by Gasteiger charge is -2.07. The number of nitrogens with one attached hydrogen (secondary N) is 1. The number of non-ortho nitro benzene ring substituents is 1. The minimum atomic E-state index is -0.438. The Morgan fingerprint density at radius 3 is 2.70 bits per heavy atom. The number of nitro benzene ring substituents is 1. The van der Waals surface area contributed by atoms with E-state index in [1.165, 1.54) is 23.5 Å². The Bertz CT molecular complexity index is 1030. The van der Waals surface area contributed by atoms with Crippen LogP contribution in [0, 0.1) is 21.4 Å². The fourth-order valence-electron chi connectivity index (χ4n) is 2.55. The number of hydrogen-bond donors (Lipinski definition) is 1. The molecule has 0 aliphatic carbocycles. The number of aryl methyl sites for hydroxylation is 1. The van der Waals surface area contributed by atoms with Crippen molar-refractivity contribution in [3.63, 3.8) is 0 Å². The molecule has 0 spiro atoms. The lowest BCUT2D eigenvalue weighted by atomic mass is 10.1. The number of benzene rings is 2. The van der Waals surface area contributed by atoms with Gasteiger partial charge in [-0.2, -0.15) is 5.26 Å². The molecule has 0 unspecified atom stereocenters. The van der Waals surface area contributed by atoms with E-state index >= 15 is 0 Å². The van der Waals surface area contributed by atoms with Gasteiger partial charge in [0.1, 0.15) is 16.6 Å². The van der Waals surface area contributed by atoms with Gasteiger partial charge in [-0.25, -0.2) is 4.98 Å². The normalized spacial score (nSPS) is 11.0. The van der Waals surface area contributed by atoms with Crippen molar-refractivity contribution in [1.29, 1.82) is 5.26 Å². The van der Waals surface area contributed by atoms with Crippen LogP contribution in [0.15, 0.2) is 60.1 Å². The van der Waals surface area contributed by atoms with E-state index in [-0.39, 0.29) is 5.69 Å². The molecule has 134 valence electrons. The molecule has 3 rings (SSSR count). The van der Waals surface area contributed by atoms with E-state index in [0.29, 0.717) is 16.3 Å². The number of hydrogen-bond acceptors (Lipinski definition) is 6. The zero-order valence-electron chi connectivity index (χ0n) is 14.5. The Kier molecular flexibility index (Phi) is 5.59. The van der Waals surface area contributed by atoms with Gasteiger partial charge in [0, 0.05) is 35.0 Å². The molecule has 0 saturated carbocycles. The van der Waals surface area contributed by atoms with Gasteiger partial charge in [0.15, 0.2) is 0 Å². The zero-order valence-corrected chi connectivity index (χ0v) is 15.4. The number of nitriles is 1. The number of allylic oxidation sites excluding steroid dienone is 1. The van der Waals surface area contributed by atoms with Crippen molar-refractivity contribution in [3.05, 3.63) is 80.8 Å². The maximum atomic E-state index is 10.8. The van der Waals surface area contributed by atoms with Crippen molar-refractivity contribution in [2.45, 2.75) is 13.3 Å². The SMILES string of the molecule is CCc1ccccc1N/C=C(\C#N)c1nc(-c2ccc([N+](=O)[O-])cc2)cs1. The molecule has 0 atom stereocenters. The third kappa shape index (κ3) is 4.19. The molecule has 1 N–H and O–H groups in total. The van der Waals surface area contributed by atoms with Crippen LogP contribution in [0.2, 0.25) is 0 Å². The first kappa shape index (κ1) is 18.3. The topological polar surface area (TPSA) is 91.8 Å². The summed E-state index contributed by atoms with van der Waals surface area (Å²) in [5.41, 5.74) is 4.03. The van der Waals surface area contributed by atoms with Crippen molar-refractivity contribution < 1.29 is 4.92 Å². The molecule has 0 amide bonds. The number of nitro groups is 1. The van der Waals surface area contributed by atoms with Gasteiger partial charge in [0.2, 0.25) is 0 Å². The van der Waals surface area contributed by atoms with E-state index in [9.17, 15) is 15.4 Å². The fourth-order valence-corrected chi connectivity index (χ4v) is 3.34. The van der Waals surface area contributed by atoms with Crippen LogP contribution in [0.3, 0.4) is 0 Å². The molecule has 0 aliphatic rings. The molecule has 0 radical (unpaired) electrons. The molecule has 1 heterocycles. The van der Waals surface area contributed by atoms with Crippen LogP contribution < -0.4 is 5.32 Å². The smallest absolute Gasteiger partial charge is 0.269 e. The Morgan fingerprint density at radius 1 is 1.30 bits per heavy atom. The highest BCUT2D eigenvalue weighted by Crippen LogP contribution is 2.27. The average molecular weight is 376 g/mol. The Balaban J connectivity index is 1.83. The van der Waals surface area contributed by atoms with E-state index in [1.54, 1.807) is 18.3 Å². The Hall–Kier alpha value is -3.50. The highest BCUT2D eigenvalue weighted by Gasteiger charge is 2.11. The third-order valence-corrected chi connectivity index (χ3v) is 4.87. The van der Waals surface area contributed by atoms with Gasteiger partial charge in [-0.1, -0.05) is 25.1 Å². The summed E-state index contributed by atoms with van der Waals surface area (Å²) >= 11 is 1.36. The summed E-state index contributed by atoms with van der Waals surface area (Å²) < 4.78 is 0. The van der Waals surface area contributed by atoms with Gasteiger partial charge >= 0.3 is 0 Å². The monoisotopic (exact) mass is 376 g/mol. The summed E-state index contributed by atoms with van der Waals surface area (Å²) in [6, 6.07) is 16.3. The number of nitrogens with zero attached hydrogens (tertiary/aromatic N) is 3. The van der Waals surface area contributed by atoms with Gasteiger partial charge in [-0.05, 0) is 30.2 Å². The van der Waals surface area contributed by atoms with Crippen molar-refractivity contribution in [1.82, 2.24) is 4.98 Å². The Morgan fingerprint density at radius 2 is 2.04 bits per heavy atom. The number of aromatic nitrogens is 1. The molecule has 0 aliphatic heterocycles. The fraction of sp³-hybridized carbons (Fsp3) is 0.100. The molecule has 2 aromatic carbocycles. The van der Waals surface area contributed by atoms with E-state index in [1.807, 2.05) is 29.6 Å². The number of anilines is 1. The van der Waals surface area contributed by atoms with E-state index in [4.69, 9.17) is 0 Å². The molecule has 0 bridgehead atoms. The summed E-state index contributed by atoms with van der Waals surface area (Å²) in [5, 5.41) is 25.9. The lowest BCUT2D eigenvalue weighted by Crippen LogP contribution is -1.95. The number of thiazole rings is 1. The predicted molar refractivity (Wildman–Crippen MR) is 107 cm³/mol. The minimum Gasteiger partial charge on any atom is -0.360 e. The predicted octanol–water partition coefficient (Wildman–Crippen LogP) is 5.26. The summed E-state index contributed by atoms with van der Waals surface area (Å²) in [6.45, 7) is 2.08.